The summed E-state index contributed by atoms with van der Waals surface area (Å²) in [5.74, 6) is -1.17. The molecular formula is C20H28N2O8. The molecule has 0 bridgehead atoms. The third-order valence-corrected chi connectivity index (χ3v) is 5.98. The number of anilines is 1. The van der Waals surface area contributed by atoms with Crippen molar-refractivity contribution in [2.45, 2.75) is 43.7 Å². The molecule has 3 heterocycles. The van der Waals surface area contributed by atoms with Crippen LogP contribution < -0.4 is 20.1 Å². The molecule has 0 aromatic heterocycles. The predicted octanol–water partition coefficient (Wildman–Crippen LogP) is 1.25. The van der Waals surface area contributed by atoms with Crippen molar-refractivity contribution in [2.75, 3.05) is 45.4 Å². The van der Waals surface area contributed by atoms with Crippen LogP contribution in [0.4, 0.5) is 10.5 Å². The number of amides is 1. The number of hydrogen-bond acceptors (Lipinski definition) is 9. The zero-order chi connectivity index (χ0) is 21.5. The second-order valence-corrected chi connectivity index (χ2v) is 7.63. The van der Waals surface area contributed by atoms with Gasteiger partial charge in [-0.05, 0) is 26.0 Å². The number of hydrogen-bond donors (Lipinski definition) is 1. The van der Waals surface area contributed by atoms with Crippen molar-refractivity contribution in [1.29, 1.82) is 0 Å². The van der Waals surface area contributed by atoms with E-state index < -0.39 is 36.0 Å². The molecule has 2 saturated heterocycles. The molecule has 2 fully saturated rings. The van der Waals surface area contributed by atoms with E-state index in [1.165, 1.54) is 19.1 Å². The molecule has 0 radical (unpaired) electrons. The van der Waals surface area contributed by atoms with Gasteiger partial charge >= 0.3 is 6.09 Å². The Hall–Kier alpha value is -2.11. The van der Waals surface area contributed by atoms with Crippen molar-refractivity contribution in [2.24, 2.45) is 5.73 Å². The smallest absolute Gasteiger partial charge is 0.414 e. The van der Waals surface area contributed by atoms with Crippen LogP contribution in [0, 0.1) is 0 Å². The number of rotatable bonds is 5. The molecule has 1 unspecified atom stereocenters. The summed E-state index contributed by atoms with van der Waals surface area (Å²) in [7, 11) is 3.01. The van der Waals surface area contributed by atoms with Crippen molar-refractivity contribution in [1.82, 2.24) is 0 Å². The summed E-state index contributed by atoms with van der Waals surface area (Å²) >= 11 is 0. The molecule has 10 nitrogen and oxygen atoms in total. The summed E-state index contributed by atoms with van der Waals surface area (Å²) in [6, 6.07) is 5.33. The van der Waals surface area contributed by atoms with E-state index in [1.54, 1.807) is 32.0 Å². The topological polar surface area (TPSA) is 111 Å². The van der Waals surface area contributed by atoms with Crippen LogP contribution in [0.5, 0.6) is 11.5 Å². The molecule has 3 aliphatic heterocycles. The molecule has 1 amide bonds. The number of cyclic esters (lactones) is 1. The molecule has 3 aliphatic rings. The lowest BCUT2D eigenvalue weighted by atomic mass is 10.00. The van der Waals surface area contributed by atoms with Gasteiger partial charge < -0.3 is 38.9 Å². The van der Waals surface area contributed by atoms with Crippen molar-refractivity contribution in [3.8, 4) is 11.5 Å². The lowest BCUT2D eigenvalue weighted by molar-refractivity contribution is -0.451. The Morgan fingerprint density at radius 1 is 1.10 bits per heavy atom. The van der Waals surface area contributed by atoms with E-state index in [0.29, 0.717) is 30.4 Å². The average molecular weight is 424 g/mol. The van der Waals surface area contributed by atoms with Gasteiger partial charge in [0.1, 0.15) is 25.4 Å². The van der Waals surface area contributed by atoms with Crippen LogP contribution >= 0.6 is 0 Å². The quantitative estimate of drug-likeness (QED) is 0.746. The van der Waals surface area contributed by atoms with Gasteiger partial charge in [-0.1, -0.05) is 0 Å². The number of nitrogens with two attached hydrogens (primary N) is 1. The minimum absolute atomic E-state index is 0.154. The van der Waals surface area contributed by atoms with E-state index in [-0.39, 0.29) is 13.1 Å². The Morgan fingerprint density at radius 2 is 1.77 bits per heavy atom. The second kappa shape index (κ2) is 7.86. The Kier molecular flexibility index (Phi) is 5.54. The number of nitrogens with zero attached hydrogens (tertiary/aromatic N) is 1. The highest BCUT2D eigenvalue weighted by Crippen LogP contribution is 2.42. The summed E-state index contributed by atoms with van der Waals surface area (Å²) in [5.41, 5.74) is 6.58. The monoisotopic (exact) mass is 424 g/mol. The molecule has 2 N–H and O–H groups in total. The van der Waals surface area contributed by atoms with Crippen LogP contribution in [-0.2, 0) is 23.7 Å². The van der Waals surface area contributed by atoms with E-state index in [9.17, 15) is 4.79 Å². The lowest BCUT2D eigenvalue weighted by Gasteiger charge is -2.52. The zero-order valence-electron chi connectivity index (χ0n) is 17.6. The fraction of sp³-hybridized carbons (Fsp3) is 0.650. The lowest BCUT2D eigenvalue weighted by Crippen LogP contribution is -2.68. The molecule has 0 spiro atoms. The number of fused-ring (bicyclic) bond motifs is 1. The minimum Gasteiger partial charge on any atom is -0.486 e. The first kappa shape index (κ1) is 21.1. The van der Waals surface area contributed by atoms with E-state index in [1.807, 2.05) is 0 Å². The molecule has 1 aromatic carbocycles. The summed E-state index contributed by atoms with van der Waals surface area (Å²) < 4.78 is 40.2. The summed E-state index contributed by atoms with van der Waals surface area (Å²) in [5, 5.41) is 0. The van der Waals surface area contributed by atoms with Gasteiger partial charge in [-0.25, -0.2) is 4.79 Å². The van der Waals surface area contributed by atoms with Crippen LogP contribution in [0.25, 0.3) is 0 Å². The van der Waals surface area contributed by atoms with Crippen LogP contribution in [0.3, 0.4) is 0 Å². The van der Waals surface area contributed by atoms with E-state index >= 15 is 0 Å². The zero-order valence-corrected chi connectivity index (χ0v) is 17.6. The van der Waals surface area contributed by atoms with Crippen LogP contribution in [0.2, 0.25) is 0 Å². The minimum atomic E-state index is -1.23. The molecule has 4 rings (SSSR count). The molecule has 166 valence electrons. The maximum Gasteiger partial charge on any atom is 0.414 e. The molecule has 1 aromatic rings. The highest BCUT2D eigenvalue weighted by atomic mass is 16.8. The number of carbonyl (C=O) groups is 1. The standard InChI is InChI=1S/C20H28N2O8/c1-19(24-3)20(2,25-4)30-17(15(10-21)29-19)16-11-22(18(23)28-16)12-5-6-13-14(9-12)27-8-7-26-13/h5-6,9,15-17H,7-8,10-11,21H2,1-4H3/t15-,16?,17+,19+,20+/m0/s1. The van der Waals surface area contributed by atoms with Gasteiger partial charge in [0.25, 0.3) is 0 Å². The third kappa shape index (κ3) is 3.38. The van der Waals surface area contributed by atoms with E-state index in [0.717, 1.165) is 0 Å². The van der Waals surface area contributed by atoms with Gasteiger partial charge in [-0.15, -0.1) is 0 Å². The predicted molar refractivity (Wildman–Crippen MR) is 105 cm³/mol. The number of methoxy groups -OCH3 is 2. The van der Waals surface area contributed by atoms with Gasteiger partial charge in [0, 0.05) is 26.8 Å². The molecule has 0 aliphatic carbocycles. The van der Waals surface area contributed by atoms with E-state index in [2.05, 4.69) is 0 Å². The normalized spacial score (nSPS) is 36.0. The van der Waals surface area contributed by atoms with Crippen molar-refractivity contribution in [3.05, 3.63) is 18.2 Å². The third-order valence-electron chi connectivity index (χ3n) is 5.98. The first-order chi connectivity index (χ1) is 14.3. The SMILES string of the molecule is CO[C@]1(C)O[C@@H](CN)[C@H](C2CN(c3ccc4c(c3)OCCO4)C(=O)O2)O[C@@]1(C)OC. The van der Waals surface area contributed by atoms with Gasteiger partial charge in [-0.3, -0.25) is 4.90 Å². The van der Waals surface area contributed by atoms with Crippen LogP contribution in [-0.4, -0.2) is 76.5 Å². The highest BCUT2D eigenvalue weighted by Gasteiger charge is 2.59. The van der Waals surface area contributed by atoms with Crippen molar-refractivity contribution in [3.63, 3.8) is 0 Å². The van der Waals surface area contributed by atoms with Crippen molar-refractivity contribution >= 4 is 11.8 Å². The molecule has 10 heteroatoms. The average Bonchev–Trinajstić information content (AvgIpc) is 3.16. The van der Waals surface area contributed by atoms with Crippen LogP contribution in [0.15, 0.2) is 18.2 Å². The Morgan fingerprint density at radius 3 is 2.43 bits per heavy atom. The Labute approximate surface area is 175 Å². The summed E-state index contributed by atoms with van der Waals surface area (Å²) in [4.78, 5) is 14.2. The number of carbonyl (C=O) groups excluding carboxylic acids is 1. The number of benzene rings is 1. The largest absolute Gasteiger partial charge is 0.486 e. The van der Waals surface area contributed by atoms with Crippen molar-refractivity contribution < 1.29 is 38.0 Å². The fourth-order valence-electron chi connectivity index (χ4n) is 3.94. The first-order valence-corrected chi connectivity index (χ1v) is 9.88. The van der Waals surface area contributed by atoms with Gasteiger partial charge in [0.2, 0.25) is 11.6 Å². The molecular weight excluding hydrogens is 396 g/mol. The number of ether oxygens (including phenoxy) is 7. The van der Waals surface area contributed by atoms with Crippen LogP contribution in [0.1, 0.15) is 13.8 Å². The highest BCUT2D eigenvalue weighted by molar-refractivity contribution is 5.90. The molecule has 0 saturated carbocycles. The Balaban J connectivity index is 1.56. The molecule has 5 atom stereocenters. The van der Waals surface area contributed by atoms with Gasteiger partial charge in [-0.2, -0.15) is 0 Å². The van der Waals surface area contributed by atoms with E-state index in [4.69, 9.17) is 38.9 Å². The summed E-state index contributed by atoms with van der Waals surface area (Å²) in [6.07, 6.45) is -2.31. The maximum atomic E-state index is 12.7. The first-order valence-electron chi connectivity index (χ1n) is 9.88. The van der Waals surface area contributed by atoms with Gasteiger partial charge in [0.15, 0.2) is 17.6 Å². The Bertz CT molecular complexity index is 807. The molecule has 30 heavy (non-hydrogen) atoms. The summed E-state index contributed by atoms with van der Waals surface area (Å²) in [6.45, 7) is 4.80. The maximum absolute atomic E-state index is 12.7. The second-order valence-electron chi connectivity index (χ2n) is 7.63. The van der Waals surface area contributed by atoms with Gasteiger partial charge in [0.05, 0.1) is 12.2 Å². The fourth-order valence-corrected chi connectivity index (χ4v) is 3.94.